The molecule has 0 bridgehead atoms. The van der Waals surface area contributed by atoms with Crippen molar-refractivity contribution in [3.8, 4) is 28.0 Å². The topological polar surface area (TPSA) is 26.5 Å². The van der Waals surface area contributed by atoms with Crippen molar-refractivity contribution in [2.45, 2.75) is 0 Å². The average molecular weight is 350 g/mol. The molecule has 0 radical (unpaired) electrons. The molecule has 5 rings (SSSR count). The van der Waals surface area contributed by atoms with Gasteiger partial charge in [-0.3, -0.25) is 0 Å². The van der Waals surface area contributed by atoms with Crippen LogP contribution < -0.4 is 4.74 Å². The van der Waals surface area contributed by atoms with Crippen molar-refractivity contribution in [2.75, 3.05) is 7.11 Å². The summed E-state index contributed by atoms with van der Waals surface area (Å²) in [6.45, 7) is 0. The van der Waals surface area contributed by atoms with Gasteiger partial charge in [0.15, 0.2) is 0 Å². The number of hydrogen-bond donors (Lipinski definition) is 0. The van der Waals surface area contributed by atoms with E-state index in [1.54, 1.807) is 7.11 Å². The summed E-state index contributed by atoms with van der Waals surface area (Å²) in [6, 6.07) is 29.3. The van der Waals surface area contributed by atoms with E-state index in [1.165, 1.54) is 22.3 Å². The van der Waals surface area contributed by atoms with Gasteiger partial charge in [-0.2, -0.15) is 5.10 Å². The Hall–Kier alpha value is -3.59. The fraction of sp³-hybridized carbons (Fsp3) is 0.0417. The van der Waals surface area contributed by atoms with Crippen LogP contribution in [-0.4, -0.2) is 16.7 Å². The first-order valence-electron chi connectivity index (χ1n) is 8.95. The second-order valence-corrected chi connectivity index (χ2v) is 6.49. The van der Waals surface area contributed by atoms with E-state index in [0.717, 1.165) is 22.2 Å². The summed E-state index contributed by atoms with van der Waals surface area (Å²) < 4.78 is 7.47. The molecule has 0 amide bonds. The highest BCUT2D eigenvalue weighted by Gasteiger charge is 2.18. The van der Waals surface area contributed by atoms with Gasteiger partial charge in [0.1, 0.15) is 5.75 Å². The number of fused-ring (bicyclic) bond motifs is 3. The van der Waals surface area contributed by atoms with Gasteiger partial charge < -0.3 is 4.74 Å². The first kappa shape index (κ1) is 15.6. The maximum Gasteiger partial charge on any atom is 0.121 e. The average Bonchev–Trinajstić information content (AvgIpc) is 3.23. The van der Waals surface area contributed by atoms with Crippen molar-refractivity contribution in [1.82, 2.24) is 9.61 Å². The minimum absolute atomic E-state index is 0.825. The highest BCUT2D eigenvalue weighted by Crippen LogP contribution is 2.41. The van der Waals surface area contributed by atoms with Gasteiger partial charge in [-0.15, -0.1) is 0 Å². The molecular weight excluding hydrogens is 332 g/mol. The Balaban J connectivity index is 2.01. The summed E-state index contributed by atoms with van der Waals surface area (Å²) in [7, 11) is 1.69. The SMILES string of the molecule is COc1ccc2c(-c3ccccc3)c(-c3ccccc3)c3ccnn3c2c1. The number of rotatable bonds is 3. The fourth-order valence-corrected chi connectivity index (χ4v) is 3.77. The van der Waals surface area contributed by atoms with Crippen LogP contribution in [0.1, 0.15) is 0 Å². The molecule has 5 aromatic rings. The second-order valence-electron chi connectivity index (χ2n) is 6.49. The predicted octanol–water partition coefficient (Wildman–Crippen LogP) is 5.83. The van der Waals surface area contributed by atoms with Gasteiger partial charge >= 0.3 is 0 Å². The lowest BCUT2D eigenvalue weighted by molar-refractivity contribution is 0.415. The molecule has 3 aromatic carbocycles. The maximum absolute atomic E-state index is 5.47. The number of hydrogen-bond acceptors (Lipinski definition) is 2. The van der Waals surface area contributed by atoms with Gasteiger partial charge in [0.05, 0.1) is 24.3 Å². The molecule has 0 unspecified atom stereocenters. The minimum atomic E-state index is 0.825. The van der Waals surface area contributed by atoms with Gasteiger partial charge in [0.25, 0.3) is 0 Å². The minimum Gasteiger partial charge on any atom is -0.497 e. The fourth-order valence-electron chi connectivity index (χ4n) is 3.77. The Labute approximate surface area is 157 Å². The standard InChI is InChI=1S/C24H18N2O/c1-27-19-12-13-20-22(16-19)26-21(14-15-25-26)24(18-10-6-3-7-11-18)23(20)17-8-4-2-5-9-17/h2-16H,1H3. The zero-order valence-corrected chi connectivity index (χ0v) is 15.0. The summed E-state index contributed by atoms with van der Waals surface area (Å²) in [5.74, 6) is 0.825. The Bertz CT molecular complexity index is 1240. The molecule has 3 heteroatoms. The Morgan fingerprint density at radius 3 is 2.04 bits per heavy atom. The molecule has 0 aliphatic carbocycles. The molecular formula is C24H18N2O. The van der Waals surface area contributed by atoms with Crippen molar-refractivity contribution < 1.29 is 4.74 Å². The van der Waals surface area contributed by atoms with E-state index < -0.39 is 0 Å². The number of methoxy groups -OCH3 is 1. The van der Waals surface area contributed by atoms with Gasteiger partial charge in [0, 0.05) is 22.6 Å². The van der Waals surface area contributed by atoms with Crippen LogP contribution in [0.5, 0.6) is 5.75 Å². The van der Waals surface area contributed by atoms with Crippen LogP contribution in [0.25, 0.3) is 38.7 Å². The Kier molecular flexibility index (Phi) is 3.65. The second kappa shape index (κ2) is 6.29. The molecule has 130 valence electrons. The monoisotopic (exact) mass is 350 g/mol. The van der Waals surface area contributed by atoms with Crippen molar-refractivity contribution in [2.24, 2.45) is 0 Å². The molecule has 27 heavy (non-hydrogen) atoms. The normalized spacial score (nSPS) is 11.1. The number of ether oxygens (including phenoxy) is 1. The smallest absolute Gasteiger partial charge is 0.121 e. The maximum atomic E-state index is 5.47. The summed E-state index contributed by atoms with van der Waals surface area (Å²) in [5, 5.41) is 5.75. The largest absolute Gasteiger partial charge is 0.497 e. The van der Waals surface area contributed by atoms with Crippen LogP contribution in [0.15, 0.2) is 91.1 Å². The highest BCUT2D eigenvalue weighted by molar-refractivity contribution is 6.08. The molecule has 2 heterocycles. The van der Waals surface area contributed by atoms with Crippen LogP contribution in [-0.2, 0) is 0 Å². The van der Waals surface area contributed by atoms with E-state index in [0.29, 0.717) is 0 Å². The number of pyridine rings is 1. The molecule has 2 aromatic heterocycles. The molecule has 0 fully saturated rings. The lowest BCUT2D eigenvalue weighted by Crippen LogP contribution is -1.98. The third-order valence-corrected chi connectivity index (χ3v) is 4.98. The van der Waals surface area contributed by atoms with E-state index in [2.05, 4.69) is 71.8 Å². The molecule has 0 saturated carbocycles. The van der Waals surface area contributed by atoms with Crippen LogP contribution in [0.4, 0.5) is 0 Å². The van der Waals surface area contributed by atoms with Gasteiger partial charge in [-0.1, -0.05) is 60.7 Å². The van der Waals surface area contributed by atoms with Crippen LogP contribution in [0.3, 0.4) is 0 Å². The molecule has 0 N–H and O–H groups in total. The molecule has 0 atom stereocenters. The van der Waals surface area contributed by atoms with Crippen LogP contribution >= 0.6 is 0 Å². The van der Waals surface area contributed by atoms with Gasteiger partial charge in [0.2, 0.25) is 0 Å². The van der Waals surface area contributed by atoms with Crippen molar-refractivity contribution in [3.63, 3.8) is 0 Å². The number of nitrogens with zero attached hydrogens (tertiary/aromatic N) is 2. The first-order valence-corrected chi connectivity index (χ1v) is 8.95. The summed E-state index contributed by atoms with van der Waals surface area (Å²) >= 11 is 0. The zero-order chi connectivity index (χ0) is 18.2. The lowest BCUT2D eigenvalue weighted by Gasteiger charge is -2.17. The Morgan fingerprint density at radius 1 is 0.704 bits per heavy atom. The van der Waals surface area contributed by atoms with E-state index in [9.17, 15) is 0 Å². The number of aromatic nitrogens is 2. The van der Waals surface area contributed by atoms with E-state index >= 15 is 0 Å². The van der Waals surface area contributed by atoms with Crippen LogP contribution in [0.2, 0.25) is 0 Å². The van der Waals surface area contributed by atoms with Gasteiger partial charge in [-0.25, -0.2) is 4.52 Å². The zero-order valence-electron chi connectivity index (χ0n) is 15.0. The van der Waals surface area contributed by atoms with Crippen molar-refractivity contribution in [1.29, 1.82) is 0 Å². The summed E-state index contributed by atoms with van der Waals surface area (Å²) in [4.78, 5) is 0. The van der Waals surface area contributed by atoms with E-state index in [4.69, 9.17) is 4.74 Å². The first-order chi connectivity index (χ1) is 13.4. The number of benzene rings is 3. The van der Waals surface area contributed by atoms with Gasteiger partial charge in [-0.05, 0) is 29.3 Å². The predicted molar refractivity (Wildman–Crippen MR) is 110 cm³/mol. The third-order valence-electron chi connectivity index (χ3n) is 4.98. The third kappa shape index (κ3) is 2.48. The molecule has 0 spiro atoms. The molecule has 0 aliphatic heterocycles. The van der Waals surface area contributed by atoms with Crippen molar-refractivity contribution >= 4 is 16.4 Å². The Morgan fingerprint density at radius 2 is 1.37 bits per heavy atom. The lowest BCUT2D eigenvalue weighted by atomic mass is 9.91. The summed E-state index contributed by atoms with van der Waals surface area (Å²) in [6.07, 6.45) is 1.86. The van der Waals surface area contributed by atoms with Crippen LogP contribution in [0, 0.1) is 0 Å². The molecule has 0 saturated heterocycles. The van der Waals surface area contributed by atoms with Crippen molar-refractivity contribution in [3.05, 3.63) is 91.1 Å². The summed E-state index contributed by atoms with van der Waals surface area (Å²) in [5.41, 5.74) is 6.90. The van der Waals surface area contributed by atoms with E-state index in [-0.39, 0.29) is 0 Å². The molecule has 3 nitrogen and oxygen atoms in total. The highest BCUT2D eigenvalue weighted by atomic mass is 16.5. The van der Waals surface area contributed by atoms with E-state index in [1.807, 2.05) is 28.9 Å². The quantitative estimate of drug-likeness (QED) is 0.409. The molecule has 0 aliphatic rings.